The van der Waals surface area contributed by atoms with Gasteiger partial charge in [0.1, 0.15) is 5.01 Å². The number of aromatic nitrogens is 1. The second-order valence-electron chi connectivity index (χ2n) is 6.30. The number of aryl methyl sites for hydroxylation is 1. The minimum absolute atomic E-state index is 0.0965. The molecule has 0 spiro atoms. The number of aliphatic carboxylic acids is 1. The predicted molar refractivity (Wildman–Crippen MR) is 93.1 cm³/mol. The molecule has 1 unspecified atom stereocenters. The SMILES string of the molecule is Cc1csc(-c2cccc(C(=O)N(CC(C)C(=O)O)C3CC3)c2)n1. The molecule has 0 aliphatic heterocycles. The van der Waals surface area contributed by atoms with E-state index in [-0.39, 0.29) is 18.5 Å². The Hall–Kier alpha value is -2.21. The Labute approximate surface area is 145 Å². The molecule has 1 saturated carbocycles. The molecule has 2 aromatic rings. The lowest BCUT2D eigenvalue weighted by atomic mass is 10.1. The van der Waals surface area contributed by atoms with Gasteiger partial charge in [0.05, 0.1) is 5.92 Å². The molecule has 1 atom stereocenters. The third-order valence-corrected chi connectivity index (χ3v) is 5.13. The van der Waals surface area contributed by atoms with Gasteiger partial charge in [-0.05, 0) is 31.9 Å². The van der Waals surface area contributed by atoms with E-state index in [4.69, 9.17) is 5.11 Å². The fraction of sp³-hybridized carbons (Fsp3) is 0.389. The lowest BCUT2D eigenvalue weighted by molar-refractivity contribution is -0.141. The van der Waals surface area contributed by atoms with E-state index in [1.807, 2.05) is 30.5 Å². The van der Waals surface area contributed by atoms with Gasteiger partial charge in [-0.3, -0.25) is 9.59 Å². The van der Waals surface area contributed by atoms with Crippen LogP contribution in [0.3, 0.4) is 0 Å². The number of hydrogen-bond donors (Lipinski definition) is 1. The van der Waals surface area contributed by atoms with Gasteiger partial charge >= 0.3 is 5.97 Å². The number of benzene rings is 1. The van der Waals surface area contributed by atoms with Gasteiger partial charge in [0.2, 0.25) is 0 Å². The molecule has 1 aromatic carbocycles. The van der Waals surface area contributed by atoms with E-state index in [9.17, 15) is 9.59 Å². The van der Waals surface area contributed by atoms with Crippen LogP contribution >= 0.6 is 11.3 Å². The second-order valence-corrected chi connectivity index (χ2v) is 7.16. The Morgan fingerprint density at radius 3 is 2.75 bits per heavy atom. The summed E-state index contributed by atoms with van der Waals surface area (Å²) in [6, 6.07) is 7.60. The Kier molecular flexibility index (Phi) is 4.66. The number of hydrogen-bond acceptors (Lipinski definition) is 4. The Balaban J connectivity index is 1.84. The summed E-state index contributed by atoms with van der Waals surface area (Å²) in [6.45, 7) is 3.83. The van der Waals surface area contributed by atoms with Crippen molar-refractivity contribution in [2.24, 2.45) is 5.92 Å². The van der Waals surface area contributed by atoms with Gasteiger partial charge < -0.3 is 10.0 Å². The van der Waals surface area contributed by atoms with Crippen LogP contribution in [0.5, 0.6) is 0 Å². The summed E-state index contributed by atoms with van der Waals surface area (Å²) in [4.78, 5) is 30.2. The molecule has 1 amide bonds. The van der Waals surface area contributed by atoms with Crippen molar-refractivity contribution >= 4 is 23.2 Å². The maximum Gasteiger partial charge on any atom is 0.308 e. The van der Waals surface area contributed by atoms with E-state index in [0.717, 1.165) is 29.1 Å². The van der Waals surface area contributed by atoms with Crippen LogP contribution < -0.4 is 0 Å². The zero-order chi connectivity index (χ0) is 17.3. The zero-order valence-corrected chi connectivity index (χ0v) is 14.5. The fourth-order valence-electron chi connectivity index (χ4n) is 2.59. The highest BCUT2D eigenvalue weighted by molar-refractivity contribution is 7.13. The van der Waals surface area contributed by atoms with Gasteiger partial charge in [-0.25, -0.2) is 4.98 Å². The molecule has 1 heterocycles. The first-order chi connectivity index (χ1) is 11.5. The summed E-state index contributed by atoms with van der Waals surface area (Å²) in [7, 11) is 0. The average Bonchev–Trinajstić information content (AvgIpc) is 3.32. The molecule has 1 aliphatic rings. The molecule has 1 fully saturated rings. The topological polar surface area (TPSA) is 70.5 Å². The normalized spacial score (nSPS) is 15.1. The molecule has 1 aromatic heterocycles. The van der Waals surface area contributed by atoms with Gasteiger partial charge in [-0.1, -0.05) is 19.1 Å². The summed E-state index contributed by atoms with van der Waals surface area (Å²) in [6.07, 6.45) is 1.90. The molecule has 1 aliphatic carbocycles. The lowest BCUT2D eigenvalue weighted by Crippen LogP contribution is -2.38. The van der Waals surface area contributed by atoms with Crippen molar-refractivity contribution in [1.82, 2.24) is 9.88 Å². The summed E-state index contributed by atoms with van der Waals surface area (Å²) >= 11 is 1.55. The number of amides is 1. The zero-order valence-electron chi connectivity index (χ0n) is 13.7. The molecular formula is C18H20N2O3S. The van der Waals surface area contributed by atoms with Crippen molar-refractivity contribution in [2.45, 2.75) is 32.7 Å². The summed E-state index contributed by atoms with van der Waals surface area (Å²) in [5.41, 5.74) is 2.47. The van der Waals surface area contributed by atoms with Gasteiger partial charge in [0.15, 0.2) is 0 Å². The van der Waals surface area contributed by atoms with Crippen molar-refractivity contribution in [3.63, 3.8) is 0 Å². The molecule has 0 radical (unpaired) electrons. The fourth-order valence-corrected chi connectivity index (χ4v) is 3.39. The number of carbonyl (C=O) groups excluding carboxylic acids is 1. The highest BCUT2D eigenvalue weighted by Crippen LogP contribution is 2.30. The van der Waals surface area contributed by atoms with E-state index in [1.165, 1.54) is 0 Å². The van der Waals surface area contributed by atoms with Gasteiger partial charge in [0.25, 0.3) is 5.91 Å². The summed E-state index contributed by atoms with van der Waals surface area (Å²) in [5, 5.41) is 12.0. The minimum Gasteiger partial charge on any atom is -0.481 e. The molecule has 24 heavy (non-hydrogen) atoms. The number of nitrogens with zero attached hydrogens (tertiary/aromatic N) is 2. The van der Waals surface area contributed by atoms with Gasteiger partial charge in [-0.2, -0.15) is 0 Å². The largest absolute Gasteiger partial charge is 0.481 e. The van der Waals surface area contributed by atoms with E-state index in [2.05, 4.69) is 4.98 Å². The lowest BCUT2D eigenvalue weighted by Gasteiger charge is -2.24. The molecule has 126 valence electrons. The quantitative estimate of drug-likeness (QED) is 0.871. The van der Waals surface area contributed by atoms with Crippen LogP contribution in [0.2, 0.25) is 0 Å². The first kappa shape index (κ1) is 16.6. The summed E-state index contributed by atoms with van der Waals surface area (Å²) < 4.78 is 0. The first-order valence-corrected chi connectivity index (χ1v) is 8.90. The number of carboxylic acids is 1. The number of carbonyl (C=O) groups is 2. The highest BCUT2D eigenvalue weighted by atomic mass is 32.1. The van der Waals surface area contributed by atoms with Gasteiger partial charge in [0, 0.05) is 34.8 Å². The Morgan fingerprint density at radius 1 is 1.42 bits per heavy atom. The third-order valence-electron chi connectivity index (χ3n) is 4.12. The van der Waals surface area contributed by atoms with Crippen LogP contribution in [0.1, 0.15) is 35.8 Å². The smallest absolute Gasteiger partial charge is 0.308 e. The number of thiazole rings is 1. The molecule has 0 saturated heterocycles. The number of rotatable bonds is 6. The van der Waals surface area contributed by atoms with Crippen LogP contribution in [-0.4, -0.2) is 39.5 Å². The molecule has 6 heteroatoms. The molecule has 0 bridgehead atoms. The summed E-state index contributed by atoms with van der Waals surface area (Å²) in [5.74, 6) is -1.54. The first-order valence-electron chi connectivity index (χ1n) is 8.02. The molecule has 3 rings (SSSR count). The standard InChI is InChI=1S/C18H20N2O3S/c1-11(18(22)23)9-20(15-6-7-15)17(21)14-5-3-4-13(8-14)16-19-12(2)10-24-16/h3-5,8,10-11,15H,6-7,9H2,1-2H3,(H,22,23). The number of carboxylic acid groups (broad SMARTS) is 1. The highest BCUT2D eigenvalue weighted by Gasteiger charge is 2.35. The van der Waals surface area contributed by atoms with Crippen LogP contribution in [0, 0.1) is 12.8 Å². The van der Waals surface area contributed by atoms with Crippen LogP contribution in [0.25, 0.3) is 10.6 Å². The van der Waals surface area contributed by atoms with E-state index < -0.39 is 11.9 Å². The van der Waals surface area contributed by atoms with Crippen molar-refractivity contribution in [3.8, 4) is 10.6 Å². The van der Waals surface area contributed by atoms with Crippen molar-refractivity contribution in [3.05, 3.63) is 40.9 Å². The van der Waals surface area contributed by atoms with E-state index in [0.29, 0.717) is 5.56 Å². The monoisotopic (exact) mass is 344 g/mol. The van der Waals surface area contributed by atoms with Crippen molar-refractivity contribution < 1.29 is 14.7 Å². The van der Waals surface area contributed by atoms with E-state index in [1.54, 1.807) is 29.2 Å². The minimum atomic E-state index is -0.875. The molecular weight excluding hydrogens is 324 g/mol. The molecule has 1 N–H and O–H groups in total. The van der Waals surface area contributed by atoms with Crippen LogP contribution in [0.15, 0.2) is 29.6 Å². The maximum absolute atomic E-state index is 12.9. The second kappa shape index (κ2) is 6.73. The Bertz CT molecular complexity index is 767. The van der Waals surface area contributed by atoms with Gasteiger partial charge in [-0.15, -0.1) is 11.3 Å². The Morgan fingerprint density at radius 2 is 2.17 bits per heavy atom. The van der Waals surface area contributed by atoms with Crippen molar-refractivity contribution in [2.75, 3.05) is 6.54 Å². The predicted octanol–water partition coefficient (Wildman–Crippen LogP) is 3.44. The van der Waals surface area contributed by atoms with Crippen LogP contribution in [0.4, 0.5) is 0 Å². The van der Waals surface area contributed by atoms with E-state index >= 15 is 0 Å². The van der Waals surface area contributed by atoms with Crippen molar-refractivity contribution in [1.29, 1.82) is 0 Å². The maximum atomic E-state index is 12.9. The average molecular weight is 344 g/mol. The van der Waals surface area contributed by atoms with Crippen LogP contribution in [-0.2, 0) is 4.79 Å². The third kappa shape index (κ3) is 3.64. The molecule has 5 nitrogen and oxygen atoms in total.